The van der Waals surface area contributed by atoms with E-state index in [1.165, 1.54) is 0 Å². The third-order valence-electron chi connectivity index (χ3n) is 7.69. The Labute approximate surface area is 156 Å². The van der Waals surface area contributed by atoms with E-state index in [0.29, 0.717) is 31.0 Å². The minimum Gasteiger partial charge on any atom is -0.366 e. The summed E-state index contributed by atoms with van der Waals surface area (Å²) in [5, 5.41) is 0. The highest BCUT2D eigenvalue weighted by molar-refractivity contribution is 5.55. The van der Waals surface area contributed by atoms with E-state index in [-0.39, 0.29) is 35.4 Å². The van der Waals surface area contributed by atoms with Crippen molar-refractivity contribution in [1.29, 1.82) is 0 Å². The fourth-order valence-corrected chi connectivity index (χ4v) is 6.35. The van der Waals surface area contributed by atoms with Gasteiger partial charge in [-0.2, -0.15) is 0 Å². The van der Waals surface area contributed by atoms with Crippen LogP contribution in [-0.4, -0.2) is 43.3 Å². The third-order valence-corrected chi connectivity index (χ3v) is 7.69. The summed E-state index contributed by atoms with van der Waals surface area (Å²) in [6.45, 7) is 9.67. The first-order valence-corrected chi connectivity index (χ1v) is 10.2. The number of hydrogen-bond acceptors (Lipinski definition) is 5. The molecule has 0 aromatic carbocycles. The van der Waals surface area contributed by atoms with Gasteiger partial charge in [-0.25, -0.2) is 0 Å². The van der Waals surface area contributed by atoms with E-state index in [9.17, 15) is 9.59 Å². The van der Waals surface area contributed by atoms with Crippen LogP contribution in [0, 0.1) is 41.4 Å². The summed E-state index contributed by atoms with van der Waals surface area (Å²) in [7, 11) is 0. The van der Waals surface area contributed by atoms with Gasteiger partial charge >= 0.3 is 0 Å². The lowest BCUT2D eigenvalue weighted by molar-refractivity contribution is -0.224. The van der Waals surface area contributed by atoms with E-state index >= 15 is 0 Å². The number of epoxide rings is 1. The van der Waals surface area contributed by atoms with E-state index in [1.54, 1.807) is 0 Å². The van der Waals surface area contributed by atoms with Gasteiger partial charge in [0, 0.05) is 24.7 Å². The molecule has 0 aromatic rings. The van der Waals surface area contributed by atoms with E-state index in [2.05, 4.69) is 20.8 Å². The summed E-state index contributed by atoms with van der Waals surface area (Å²) in [6, 6.07) is 0. The fraction of sp³-hybridized carbons (Fsp3) is 0.905. The molecule has 2 saturated carbocycles. The molecule has 26 heavy (non-hydrogen) atoms. The van der Waals surface area contributed by atoms with Gasteiger partial charge < -0.3 is 23.8 Å². The maximum atomic E-state index is 12.0. The molecule has 8 atom stereocenters. The molecule has 0 aromatic heterocycles. The van der Waals surface area contributed by atoms with E-state index in [0.717, 1.165) is 31.8 Å². The highest BCUT2D eigenvalue weighted by Gasteiger charge is 2.69. The van der Waals surface area contributed by atoms with Crippen molar-refractivity contribution < 1.29 is 23.8 Å². The van der Waals surface area contributed by atoms with E-state index in [4.69, 9.17) is 14.2 Å². The number of ether oxygens (including phenoxy) is 3. The second kappa shape index (κ2) is 6.39. The molecule has 146 valence electrons. The first kappa shape index (κ1) is 18.6. The van der Waals surface area contributed by atoms with Gasteiger partial charge in [-0.1, -0.05) is 20.8 Å². The SMILES string of the molecule is CC(C)[C@@H](C=O)[C@@H]1C[C@@]2(C)O[C@H]2[C@H]2[C@@H]1CC1(C[C@H]2[C@H](C)C=O)OCCO1. The van der Waals surface area contributed by atoms with Gasteiger partial charge in [0.25, 0.3) is 0 Å². The quantitative estimate of drug-likeness (QED) is 0.554. The second-order valence-electron chi connectivity index (χ2n) is 9.59. The Morgan fingerprint density at radius 2 is 1.65 bits per heavy atom. The Balaban J connectivity index is 1.72. The average Bonchev–Trinajstić information content (AvgIpc) is 3.08. The topological polar surface area (TPSA) is 65.1 Å². The molecule has 1 spiro atoms. The van der Waals surface area contributed by atoms with Crippen LogP contribution < -0.4 is 0 Å². The number of rotatable bonds is 5. The van der Waals surface area contributed by atoms with Crippen LogP contribution in [0.1, 0.15) is 47.0 Å². The predicted molar refractivity (Wildman–Crippen MR) is 95.3 cm³/mol. The van der Waals surface area contributed by atoms with Crippen molar-refractivity contribution in [1.82, 2.24) is 0 Å². The molecule has 2 aliphatic heterocycles. The molecular formula is C21H32O5. The zero-order valence-electron chi connectivity index (χ0n) is 16.4. The molecule has 4 fully saturated rings. The largest absolute Gasteiger partial charge is 0.366 e. The lowest BCUT2D eigenvalue weighted by Crippen LogP contribution is -2.55. The number of aldehydes is 2. The van der Waals surface area contributed by atoms with Gasteiger partial charge in [0.05, 0.1) is 24.9 Å². The van der Waals surface area contributed by atoms with Crippen LogP contribution in [0.15, 0.2) is 0 Å². The summed E-state index contributed by atoms with van der Waals surface area (Å²) in [4.78, 5) is 23.7. The van der Waals surface area contributed by atoms with Crippen LogP contribution in [0.2, 0.25) is 0 Å². The van der Waals surface area contributed by atoms with Crippen molar-refractivity contribution in [2.75, 3.05) is 13.2 Å². The van der Waals surface area contributed by atoms with Gasteiger partial charge in [0.15, 0.2) is 5.79 Å². The highest BCUT2D eigenvalue weighted by Crippen LogP contribution is 2.64. The molecule has 0 amide bonds. The second-order valence-corrected chi connectivity index (χ2v) is 9.59. The van der Waals surface area contributed by atoms with Crippen molar-refractivity contribution in [2.24, 2.45) is 41.4 Å². The van der Waals surface area contributed by atoms with Crippen molar-refractivity contribution in [3.05, 3.63) is 0 Å². The average molecular weight is 364 g/mol. The lowest BCUT2D eigenvalue weighted by Gasteiger charge is -2.52. The van der Waals surface area contributed by atoms with Crippen molar-refractivity contribution >= 4 is 12.6 Å². The monoisotopic (exact) mass is 364 g/mol. The molecule has 0 unspecified atom stereocenters. The lowest BCUT2D eigenvalue weighted by atomic mass is 9.53. The van der Waals surface area contributed by atoms with E-state index in [1.807, 2.05) is 6.92 Å². The van der Waals surface area contributed by atoms with Crippen molar-refractivity contribution in [3.8, 4) is 0 Å². The van der Waals surface area contributed by atoms with Crippen LogP contribution in [-0.2, 0) is 23.8 Å². The molecule has 5 heteroatoms. The number of fused-ring (bicyclic) bond motifs is 3. The normalized spacial score (nSPS) is 45.7. The van der Waals surface area contributed by atoms with Crippen molar-refractivity contribution in [3.63, 3.8) is 0 Å². The Morgan fingerprint density at radius 1 is 0.962 bits per heavy atom. The molecule has 0 radical (unpaired) electrons. The Hall–Kier alpha value is -0.780. The molecule has 2 aliphatic carbocycles. The van der Waals surface area contributed by atoms with Crippen LogP contribution in [0.5, 0.6) is 0 Å². The van der Waals surface area contributed by atoms with Gasteiger partial charge in [-0.3, -0.25) is 0 Å². The Kier molecular flexibility index (Phi) is 4.56. The van der Waals surface area contributed by atoms with Gasteiger partial charge in [-0.15, -0.1) is 0 Å². The third kappa shape index (κ3) is 2.78. The number of hydrogen-bond donors (Lipinski definition) is 0. The highest BCUT2D eigenvalue weighted by atomic mass is 16.7. The Bertz CT molecular complexity index is 569. The molecule has 0 bridgehead atoms. The van der Waals surface area contributed by atoms with Crippen LogP contribution in [0.3, 0.4) is 0 Å². The van der Waals surface area contributed by atoms with Crippen LogP contribution in [0.4, 0.5) is 0 Å². The van der Waals surface area contributed by atoms with Gasteiger partial charge in [0.2, 0.25) is 0 Å². The summed E-state index contributed by atoms with van der Waals surface area (Å²) in [6.07, 6.45) is 4.90. The van der Waals surface area contributed by atoms with E-state index < -0.39 is 5.79 Å². The standard InChI is InChI=1S/C21H32O5/c1-12(2)17(11-23)15-7-20(4)19(26-20)18-14(13(3)10-22)8-21(9-16(15)18)24-5-6-25-21/h10-19H,5-9H2,1-4H3/t13-,14+,15-,16-,17-,18-,19+,20-/m1/s1. The zero-order valence-corrected chi connectivity index (χ0v) is 16.4. The molecule has 0 N–H and O–H groups in total. The summed E-state index contributed by atoms with van der Waals surface area (Å²) >= 11 is 0. The smallest absolute Gasteiger partial charge is 0.169 e. The first-order chi connectivity index (χ1) is 12.3. The molecule has 4 rings (SSSR count). The molecule has 2 saturated heterocycles. The molecule has 5 nitrogen and oxygen atoms in total. The minimum atomic E-state index is -0.575. The zero-order chi connectivity index (χ0) is 18.7. The minimum absolute atomic E-state index is 0.00761. The van der Waals surface area contributed by atoms with Crippen LogP contribution >= 0.6 is 0 Å². The number of carbonyl (C=O) groups excluding carboxylic acids is 2. The summed E-state index contributed by atoms with van der Waals surface area (Å²) in [5.74, 6) is 0.704. The maximum absolute atomic E-state index is 12.0. The molecule has 2 heterocycles. The summed E-state index contributed by atoms with van der Waals surface area (Å²) in [5.41, 5.74) is -0.134. The van der Waals surface area contributed by atoms with Gasteiger partial charge in [0.1, 0.15) is 12.6 Å². The predicted octanol–water partition coefficient (Wildman–Crippen LogP) is 2.86. The molecule has 4 aliphatic rings. The van der Waals surface area contributed by atoms with Crippen LogP contribution in [0.25, 0.3) is 0 Å². The number of carbonyl (C=O) groups is 2. The Morgan fingerprint density at radius 3 is 2.23 bits per heavy atom. The van der Waals surface area contributed by atoms with Gasteiger partial charge in [-0.05, 0) is 42.9 Å². The first-order valence-electron chi connectivity index (χ1n) is 10.2. The maximum Gasteiger partial charge on any atom is 0.169 e. The molecular weight excluding hydrogens is 332 g/mol. The van der Waals surface area contributed by atoms with Crippen molar-refractivity contribution in [2.45, 2.75) is 64.4 Å². The summed E-state index contributed by atoms with van der Waals surface area (Å²) < 4.78 is 18.4. The fourth-order valence-electron chi connectivity index (χ4n) is 6.35.